The smallest absolute Gasteiger partial charge is 0.278 e. The van der Waals surface area contributed by atoms with E-state index in [-0.39, 0.29) is 11.6 Å². The van der Waals surface area contributed by atoms with Crippen molar-refractivity contribution >= 4 is 44.5 Å². The first kappa shape index (κ1) is 13.9. The molecule has 114 valence electrons. The Morgan fingerprint density at radius 3 is 2.96 bits per heavy atom. The molecule has 7 nitrogen and oxygen atoms in total. The second-order valence-corrected chi connectivity index (χ2v) is 5.96. The first-order valence-corrected chi connectivity index (χ1v) is 7.65. The maximum absolute atomic E-state index is 12.4. The fourth-order valence-corrected chi connectivity index (χ4v) is 2.68. The minimum absolute atomic E-state index is 0.280. The van der Waals surface area contributed by atoms with Gasteiger partial charge < -0.3 is 4.57 Å². The Bertz CT molecular complexity index is 1050. The molecule has 0 unspecified atom stereocenters. The Kier molecular flexibility index (Phi) is 3.12. The van der Waals surface area contributed by atoms with Crippen molar-refractivity contribution in [3.63, 3.8) is 0 Å². The number of nitrogens with one attached hydrogen (secondary N) is 1. The quantitative estimate of drug-likeness (QED) is 0.588. The van der Waals surface area contributed by atoms with Crippen molar-refractivity contribution < 1.29 is 4.79 Å². The molecule has 0 aliphatic rings. The maximum atomic E-state index is 12.4. The topological polar surface area (TPSA) is 77.1 Å². The molecule has 0 aliphatic heterocycles. The average Bonchev–Trinajstić information content (AvgIpc) is 3.09. The molecule has 0 aliphatic carbocycles. The fraction of sp³-hybridized carbons (Fsp3) is 0.0667. The Morgan fingerprint density at radius 2 is 2.13 bits per heavy atom. The predicted molar refractivity (Wildman–Crippen MR) is 89.4 cm³/mol. The van der Waals surface area contributed by atoms with E-state index < -0.39 is 0 Å². The molecule has 3 aromatic heterocycles. The zero-order chi connectivity index (χ0) is 16.0. The van der Waals surface area contributed by atoms with Crippen LogP contribution in [-0.2, 0) is 7.05 Å². The third-order valence-electron chi connectivity index (χ3n) is 3.53. The molecule has 0 saturated heterocycles. The summed E-state index contributed by atoms with van der Waals surface area (Å²) in [5.74, 6) is 0.146. The first-order valence-electron chi connectivity index (χ1n) is 6.85. The minimum Gasteiger partial charge on any atom is -0.313 e. The summed E-state index contributed by atoms with van der Waals surface area (Å²) in [5.41, 5.74) is 2.65. The van der Waals surface area contributed by atoms with Gasteiger partial charge in [-0.15, -0.1) is 0 Å². The molecule has 1 amide bonds. The Balaban J connectivity index is 1.69. The van der Waals surface area contributed by atoms with Gasteiger partial charge in [0.15, 0.2) is 11.3 Å². The molecule has 4 aromatic rings. The van der Waals surface area contributed by atoms with Gasteiger partial charge in [-0.2, -0.15) is 5.10 Å². The summed E-state index contributed by atoms with van der Waals surface area (Å²) in [7, 11) is 1.85. The van der Waals surface area contributed by atoms with Crippen molar-refractivity contribution in [2.75, 3.05) is 5.32 Å². The van der Waals surface area contributed by atoms with Gasteiger partial charge in [-0.1, -0.05) is 12.1 Å². The number of imidazole rings is 1. The second-order valence-electron chi connectivity index (χ2n) is 5.04. The van der Waals surface area contributed by atoms with Gasteiger partial charge in [0.25, 0.3) is 5.91 Å². The predicted octanol–water partition coefficient (Wildman–Crippen LogP) is 2.63. The third kappa shape index (κ3) is 2.36. The highest BCUT2D eigenvalue weighted by Crippen LogP contribution is 2.18. The monoisotopic (exact) mass is 370 g/mol. The van der Waals surface area contributed by atoms with Crippen LogP contribution in [0.5, 0.6) is 0 Å². The van der Waals surface area contributed by atoms with Gasteiger partial charge in [-0.05, 0) is 28.1 Å². The normalized spacial score (nSPS) is 11.2. The highest BCUT2D eigenvalue weighted by Gasteiger charge is 2.15. The van der Waals surface area contributed by atoms with E-state index in [1.54, 1.807) is 23.0 Å². The number of nitrogens with zero attached hydrogens (tertiary/aromatic N) is 5. The summed E-state index contributed by atoms with van der Waals surface area (Å²) in [6.45, 7) is 0. The van der Waals surface area contributed by atoms with Crippen molar-refractivity contribution in [3.8, 4) is 0 Å². The number of aryl methyl sites for hydroxylation is 1. The zero-order valence-electron chi connectivity index (χ0n) is 12.1. The van der Waals surface area contributed by atoms with Crippen molar-refractivity contribution in [1.29, 1.82) is 0 Å². The number of amides is 1. The van der Waals surface area contributed by atoms with Crippen LogP contribution >= 0.6 is 15.9 Å². The lowest BCUT2D eigenvalue weighted by Gasteiger charge is -2.02. The number of aromatic nitrogens is 5. The van der Waals surface area contributed by atoms with E-state index in [1.165, 1.54) is 0 Å². The number of benzene rings is 1. The highest BCUT2D eigenvalue weighted by atomic mass is 79.9. The summed E-state index contributed by atoms with van der Waals surface area (Å²) in [6.07, 6.45) is 3.40. The number of halogens is 1. The van der Waals surface area contributed by atoms with Gasteiger partial charge >= 0.3 is 0 Å². The molecule has 23 heavy (non-hydrogen) atoms. The SMILES string of the molecule is Cn1c(NC(=O)c2cc3ncc(Br)cn3n2)nc2ccccc21. The Labute approximate surface area is 139 Å². The van der Waals surface area contributed by atoms with Crippen LogP contribution in [0.15, 0.2) is 47.2 Å². The van der Waals surface area contributed by atoms with Gasteiger partial charge in [-0.3, -0.25) is 10.1 Å². The Hall–Kier alpha value is -2.74. The fourth-order valence-electron chi connectivity index (χ4n) is 2.39. The van der Waals surface area contributed by atoms with E-state index in [9.17, 15) is 4.79 Å². The van der Waals surface area contributed by atoms with Crippen LogP contribution in [0.3, 0.4) is 0 Å². The summed E-state index contributed by atoms with van der Waals surface area (Å²) < 4.78 is 4.17. The van der Waals surface area contributed by atoms with Crippen LogP contribution in [0.4, 0.5) is 5.95 Å². The number of anilines is 1. The molecule has 8 heteroatoms. The molecule has 3 heterocycles. The molecule has 0 atom stereocenters. The number of hydrogen-bond donors (Lipinski definition) is 1. The molecule has 0 saturated carbocycles. The molecular weight excluding hydrogens is 360 g/mol. The van der Waals surface area contributed by atoms with Crippen LogP contribution in [0.1, 0.15) is 10.5 Å². The molecular formula is C15H11BrN6O. The number of fused-ring (bicyclic) bond motifs is 2. The molecule has 0 radical (unpaired) electrons. The molecule has 1 N–H and O–H groups in total. The lowest BCUT2D eigenvalue weighted by Crippen LogP contribution is -2.15. The molecule has 0 bridgehead atoms. The van der Waals surface area contributed by atoms with Crippen molar-refractivity contribution in [2.24, 2.45) is 7.05 Å². The van der Waals surface area contributed by atoms with E-state index >= 15 is 0 Å². The van der Waals surface area contributed by atoms with Crippen molar-refractivity contribution in [1.82, 2.24) is 24.1 Å². The van der Waals surface area contributed by atoms with E-state index in [2.05, 4.69) is 36.3 Å². The summed E-state index contributed by atoms with van der Waals surface area (Å²) in [6, 6.07) is 9.32. The van der Waals surface area contributed by atoms with Crippen molar-refractivity contribution in [3.05, 3.63) is 52.9 Å². The number of carbonyl (C=O) groups excluding carboxylic acids is 1. The summed E-state index contributed by atoms with van der Waals surface area (Å²) in [5, 5.41) is 7.02. The van der Waals surface area contributed by atoms with Gasteiger partial charge in [0, 0.05) is 25.5 Å². The van der Waals surface area contributed by atoms with Gasteiger partial charge in [0.05, 0.1) is 15.5 Å². The zero-order valence-corrected chi connectivity index (χ0v) is 13.6. The molecule has 1 aromatic carbocycles. The molecule has 4 rings (SSSR count). The lowest BCUT2D eigenvalue weighted by atomic mass is 10.3. The maximum Gasteiger partial charge on any atom is 0.278 e. The van der Waals surface area contributed by atoms with Crippen LogP contribution in [0, 0.1) is 0 Å². The van der Waals surface area contributed by atoms with E-state index in [1.807, 2.05) is 35.9 Å². The number of rotatable bonds is 2. The van der Waals surface area contributed by atoms with Gasteiger partial charge in [-0.25, -0.2) is 14.5 Å². The van der Waals surface area contributed by atoms with Gasteiger partial charge in [0.1, 0.15) is 0 Å². The van der Waals surface area contributed by atoms with Crippen LogP contribution in [-0.4, -0.2) is 30.1 Å². The van der Waals surface area contributed by atoms with Crippen molar-refractivity contribution in [2.45, 2.75) is 0 Å². The first-order chi connectivity index (χ1) is 11.1. The largest absolute Gasteiger partial charge is 0.313 e. The van der Waals surface area contributed by atoms with Crippen LogP contribution < -0.4 is 5.32 Å². The summed E-state index contributed by atoms with van der Waals surface area (Å²) >= 11 is 3.32. The molecule has 0 fully saturated rings. The molecule has 0 spiro atoms. The van der Waals surface area contributed by atoms with Crippen LogP contribution in [0.25, 0.3) is 16.7 Å². The minimum atomic E-state index is -0.329. The second kappa shape index (κ2) is 5.17. The van der Waals surface area contributed by atoms with E-state index in [4.69, 9.17) is 0 Å². The number of carbonyl (C=O) groups is 1. The number of hydrogen-bond acceptors (Lipinski definition) is 4. The number of para-hydroxylation sites is 2. The van der Waals surface area contributed by atoms with E-state index in [0.29, 0.717) is 11.6 Å². The standard InChI is InChI=1S/C15H11BrN6O/c1-21-12-5-3-2-4-10(12)18-15(21)19-14(23)11-6-13-17-7-9(16)8-22(13)20-11/h2-8H,1H3,(H,18,19,23). The average molecular weight is 371 g/mol. The third-order valence-corrected chi connectivity index (χ3v) is 3.94. The van der Waals surface area contributed by atoms with Gasteiger partial charge in [0.2, 0.25) is 5.95 Å². The van der Waals surface area contributed by atoms with E-state index in [0.717, 1.165) is 15.5 Å². The van der Waals surface area contributed by atoms with Crippen LogP contribution in [0.2, 0.25) is 0 Å². The lowest BCUT2D eigenvalue weighted by molar-refractivity contribution is 0.102. The highest BCUT2D eigenvalue weighted by molar-refractivity contribution is 9.10. The Morgan fingerprint density at radius 1 is 1.30 bits per heavy atom. The summed E-state index contributed by atoms with van der Waals surface area (Å²) in [4.78, 5) is 21.0.